The predicted molar refractivity (Wildman–Crippen MR) is 231 cm³/mol. The van der Waals surface area contributed by atoms with Crippen LogP contribution >= 0.6 is 0 Å². The van der Waals surface area contributed by atoms with E-state index in [1.54, 1.807) is 18.7 Å². The van der Waals surface area contributed by atoms with Crippen LogP contribution in [0, 0.1) is 57.2 Å². The number of ether oxygens (including phenoxy) is 3. The van der Waals surface area contributed by atoms with E-state index in [0.717, 1.165) is 54.8 Å². The first-order chi connectivity index (χ1) is 27.4. The highest BCUT2D eigenvalue weighted by Gasteiger charge is 2.59. The van der Waals surface area contributed by atoms with Crippen LogP contribution in [0.5, 0.6) is 0 Å². The van der Waals surface area contributed by atoms with Gasteiger partial charge >= 0.3 is 12.1 Å². The standard InChI is InChI=1S/C44H81N9O5/c1-30(2)11-8-12-31(3)35-15-16-36-34-14-13-32-29-33(17-19-43(32,6)37(34)18-20-44(35,36)7)58-41(55)52-24-28-57-42(4,5)56-27-23-51-40(54)53(25-9-21-49-38(45)46)26-10-22-50-39(47)48/h13,30-31,33-37H,8-12,14-29H2,1-7H3,(H,51,54)(H,52,55)(H4,45,46,49)(H4,47,48,50). The van der Waals surface area contributed by atoms with Crippen molar-refractivity contribution in [3.63, 3.8) is 0 Å². The minimum Gasteiger partial charge on any atom is -0.446 e. The summed E-state index contributed by atoms with van der Waals surface area (Å²) < 4.78 is 17.8. The number of hydrogen-bond donors (Lipinski definition) is 8. The zero-order chi connectivity index (χ0) is 42.5. The second kappa shape index (κ2) is 21.8. The van der Waals surface area contributed by atoms with Crippen molar-refractivity contribution in [2.75, 3.05) is 52.5 Å². The molecular formula is C44H81N9O5. The molecule has 0 radical (unpaired) electrons. The highest BCUT2D eigenvalue weighted by molar-refractivity contribution is 5.75. The second-order valence-corrected chi connectivity index (χ2v) is 19.2. The molecule has 0 heterocycles. The van der Waals surface area contributed by atoms with Crippen LogP contribution in [0.15, 0.2) is 11.6 Å². The van der Waals surface area contributed by atoms with Crippen molar-refractivity contribution in [3.8, 4) is 0 Å². The van der Waals surface area contributed by atoms with Crippen molar-refractivity contribution < 1.29 is 23.8 Å². The predicted octanol–water partition coefficient (Wildman–Crippen LogP) is 6.65. The minimum atomic E-state index is -0.923. The Morgan fingerprint density at radius 1 is 0.845 bits per heavy atom. The Hall–Kier alpha value is -3.26. The zero-order valence-corrected chi connectivity index (χ0v) is 37.1. The number of fused-ring (bicyclic) bond motifs is 5. The van der Waals surface area contributed by atoms with Gasteiger partial charge in [0.2, 0.25) is 0 Å². The number of nitrogens with zero attached hydrogens (tertiary/aromatic N) is 1. The molecule has 0 aromatic heterocycles. The molecule has 0 saturated heterocycles. The summed E-state index contributed by atoms with van der Waals surface area (Å²) in [6, 6.07) is -0.237. The van der Waals surface area contributed by atoms with Gasteiger partial charge in [-0.05, 0) is 118 Å². The van der Waals surface area contributed by atoms with Gasteiger partial charge in [-0.3, -0.25) is 10.8 Å². The number of alkyl carbamates (subject to hydrolysis) is 1. The summed E-state index contributed by atoms with van der Waals surface area (Å²) in [5.74, 6) is 3.71. The number of guanidine groups is 2. The van der Waals surface area contributed by atoms with E-state index in [1.807, 2.05) is 0 Å². The summed E-state index contributed by atoms with van der Waals surface area (Å²) >= 11 is 0. The molecule has 10 N–H and O–H groups in total. The molecule has 4 aliphatic carbocycles. The molecule has 3 fully saturated rings. The Balaban J connectivity index is 1.14. The lowest BCUT2D eigenvalue weighted by Gasteiger charge is -2.58. The smallest absolute Gasteiger partial charge is 0.407 e. The van der Waals surface area contributed by atoms with Crippen LogP contribution in [-0.4, -0.2) is 93.3 Å². The lowest BCUT2D eigenvalue weighted by molar-refractivity contribution is -0.211. The number of nitrogens with one attached hydrogen (secondary N) is 6. The van der Waals surface area contributed by atoms with Crippen LogP contribution in [0.2, 0.25) is 0 Å². The molecule has 4 rings (SSSR count). The molecule has 14 nitrogen and oxygen atoms in total. The molecule has 0 spiro atoms. The van der Waals surface area contributed by atoms with E-state index in [1.165, 1.54) is 56.9 Å². The Bertz CT molecular complexity index is 1370. The maximum atomic E-state index is 12.9. The summed E-state index contributed by atoms with van der Waals surface area (Å²) in [6.45, 7) is 19.0. The number of amides is 3. The summed E-state index contributed by atoms with van der Waals surface area (Å²) in [5, 5.41) is 25.9. The third-order valence-corrected chi connectivity index (χ3v) is 14.3. The maximum absolute atomic E-state index is 12.9. The lowest BCUT2D eigenvalue weighted by Crippen LogP contribution is -2.51. The zero-order valence-electron chi connectivity index (χ0n) is 37.1. The van der Waals surface area contributed by atoms with Gasteiger partial charge in [-0.15, -0.1) is 0 Å². The Morgan fingerprint density at radius 3 is 2.10 bits per heavy atom. The minimum absolute atomic E-state index is 0.103. The molecule has 8 unspecified atom stereocenters. The first-order valence-electron chi connectivity index (χ1n) is 22.6. The number of carbonyl (C=O) groups excluding carboxylic acids is 2. The lowest BCUT2D eigenvalue weighted by atomic mass is 9.47. The molecule has 58 heavy (non-hydrogen) atoms. The monoisotopic (exact) mass is 816 g/mol. The van der Waals surface area contributed by atoms with E-state index in [4.69, 9.17) is 36.5 Å². The molecule has 8 atom stereocenters. The number of nitrogens with two attached hydrogens (primary N) is 2. The third-order valence-electron chi connectivity index (χ3n) is 14.3. The van der Waals surface area contributed by atoms with Gasteiger partial charge in [0.15, 0.2) is 17.7 Å². The summed E-state index contributed by atoms with van der Waals surface area (Å²) in [4.78, 5) is 27.5. The van der Waals surface area contributed by atoms with Gasteiger partial charge in [0.05, 0.1) is 13.2 Å². The maximum Gasteiger partial charge on any atom is 0.407 e. The van der Waals surface area contributed by atoms with E-state index in [2.05, 4.69) is 62.0 Å². The van der Waals surface area contributed by atoms with Gasteiger partial charge in [0, 0.05) is 45.7 Å². The van der Waals surface area contributed by atoms with Crippen LogP contribution < -0.4 is 32.7 Å². The van der Waals surface area contributed by atoms with Crippen LogP contribution in [0.25, 0.3) is 0 Å². The van der Waals surface area contributed by atoms with Crippen molar-refractivity contribution >= 4 is 24.0 Å². The Kier molecular flexibility index (Phi) is 17.9. The average molecular weight is 816 g/mol. The summed E-state index contributed by atoms with van der Waals surface area (Å²) in [7, 11) is 0. The fourth-order valence-corrected chi connectivity index (χ4v) is 11.3. The Labute approximate surface area is 349 Å². The van der Waals surface area contributed by atoms with Crippen LogP contribution in [0.4, 0.5) is 9.59 Å². The van der Waals surface area contributed by atoms with Gasteiger partial charge in [0.1, 0.15) is 6.10 Å². The third kappa shape index (κ3) is 13.4. The topological polar surface area (TPSA) is 213 Å². The number of rotatable bonds is 22. The largest absolute Gasteiger partial charge is 0.446 e. The summed E-state index contributed by atoms with van der Waals surface area (Å²) in [5.41, 5.74) is 12.9. The molecule has 14 heteroatoms. The fourth-order valence-electron chi connectivity index (χ4n) is 11.3. The molecule has 0 aromatic rings. The van der Waals surface area contributed by atoms with E-state index in [-0.39, 0.29) is 49.2 Å². The van der Waals surface area contributed by atoms with E-state index in [0.29, 0.717) is 51.0 Å². The number of urea groups is 1. The molecule has 0 aromatic carbocycles. The van der Waals surface area contributed by atoms with Crippen molar-refractivity contribution in [2.24, 2.45) is 57.8 Å². The van der Waals surface area contributed by atoms with E-state index >= 15 is 0 Å². The van der Waals surface area contributed by atoms with Gasteiger partial charge in [-0.1, -0.05) is 65.5 Å². The SMILES string of the molecule is CC(C)CCCC(C)C1CCC2C3CC=C4CC(OC(=O)NCCOC(C)(C)OCCNC(=O)N(CCCNC(=N)N)CCCNC(=N)N)CCC4(C)C3CCC12C. The highest BCUT2D eigenvalue weighted by atomic mass is 16.7. The quantitative estimate of drug-likeness (QED) is 0.0193. The average Bonchev–Trinajstić information content (AvgIpc) is 3.51. The van der Waals surface area contributed by atoms with E-state index in [9.17, 15) is 9.59 Å². The van der Waals surface area contributed by atoms with Gasteiger partial charge in [-0.2, -0.15) is 0 Å². The second-order valence-electron chi connectivity index (χ2n) is 19.2. The van der Waals surface area contributed by atoms with Crippen molar-refractivity contribution in [2.45, 2.75) is 144 Å². The molecular weight excluding hydrogens is 735 g/mol. The molecule has 3 amide bonds. The molecule has 3 saturated carbocycles. The van der Waals surface area contributed by atoms with Crippen molar-refractivity contribution in [1.29, 1.82) is 10.8 Å². The molecule has 0 bridgehead atoms. The number of allylic oxidation sites excluding steroid dienone is 1. The van der Waals surface area contributed by atoms with Crippen LogP contribution in [0.1, 0.15) is 132 Å². The van der Waals surface area contributed by atoms with Gasteiger partial charge in [0.25, 0.3) is 0 Å². The van der Waals surface area contributed by atoms with Gasteiger partial charge < -0.3 is 51.8 Å². The number of carbonyl (C=O) groups is 2. The molecule has 332 valence electrons. The highest BCUT2D eigenvalue weighted by Crippen LogP contribution is 2.67. The normalized spacial score (nSPS) is 28.3. The van der Waals surface area contributed by atoms with Crippen molar-refractivity contribution in [3.05, 3.63) is 11.6 Å². The molecule has 4 aliphatic rings. The van der Waals surface area contributed by atoms with Crippen LogP contribution in [0.3, 0.4) is 0 Å². The summed E-state index contributed by atoms with van der Waals surface area (Å²) in [6.07, 6.45) is 16.9. The first kappa shape index (κ1) is 47.4. The number of hydrogen-bond acceptors (Lipinski definition) is 7. The Morgan fingerprint density at radius 2 is 1.48 bits per heavy atom. The van der Waals surface area contributed by atoms with Crippen molar-refractivity contribution in [1.82, 2.24) is 26.2 Å². The first-order valence-corrected chi connectivity index (χ1v) is 22.6. The van der Waals surface area contributed by atoms with Gasteiger partial charge in [-0.25, -0.2) is 9.59 Å². The van der Waals surface area contributed by atoms with E-state index < -0.39 is 11.9 Å². The van der Waals surface area contributed by atoms with Crippen LogP contribution in [-0.2, 0) is 14.2 Å². The molecule has 0 aliphatic heterocycles. The fraction of sp³-hybridized carbons (Fsp3) is 0.864.